The summed E-state index contributed by atoms with van der Waals surface area (Å²) in [6, 6.07) is 8.46. The Morgan fingerprint density at radius 3 is 2.58 bits per heavy atom. The fourth-order valence-corrected chi connectivity index (χ4v) is 3.97. The van der Waals surface area contributed by atoms with Crippen molar-refractivity contribution in [3.05, 3.63) is 46.9 Å². The second-order valence-electron chi connectivity index (χ2n) is 7.66. The number of nitrogens with zero attached hydrogens (tertiary/aromatic N) is 4. The number of aryl methyl sites for hydroxylation is 1. The van der Waals surface area contributed by atoms with E-state index in [0.29, 0.717) is 11.7 Å². The summed E-state index contributed by atoms with van der Waals surface area (Å²) >= 11 is 0. The zero-order chi connectivity index (χ0) is 17.7. The number of fused-ring (bicyclic) bond motifs is 1. The van der Waals surface area contributed by atoms with Crippen molar-refractivity contribution in [3.8, 4) is 17.3 Å². The molecule has 1 saturated carbocycles. The van der Waals surface area contributed by atoms with Gasteiger partial charge >= 0.3 is 0 Å². The first-order valence-electron chi connectivity index (χ1n) is 9.45. The number of benzene rings is 1. The van der Waals surface area contributed by atoms with Gasteiger partial charge in [-0.25, -0.2) is 4.68 Å². The van der Waals surface area contributed by atoms with Crippen molar-refractivity contribution in [2.45, 2.75) is 57.4 Å². The number of hydrogen-bond acceptors (Lipinski definition) is 5. The van der Waals surface area contributed by atoms with Crippen LogP contribution in [0.15, 0.2) is 28.8 Å². The minimum atomic E-state index is -0.415. The standard InChI is InChI=1S/C20H23N5O/c1-13-7-9-14(10-8-13)25-16-6-3-2-5-15(16)17(23-25)18-22-19(24-26-18)20(21)11-4-12-20/h7-10H,2-6,11-12,21H2,1H3. The summed E-state index contributed by atoms with van der Waals surface area (Å²) in [5, 5.41) is 9.05. The van der Waals surface area contributed by atoms with Crippen molar-refractivity contribution in [1.29, 1.82) is 0 Å². The van der Waals surface area contributed by atoms with Crippen LogP contribution in [-0.2, 0) is 18.4 Å². The van der Waals surface area contributed by atoms with Crippen LogP contribution >= 0.6 is 0 Å². The normalized spacial score (nSPS) is 18.4. The summed E-state index contributed by atoms with van der Waals surface area (Å²) in [5.41, 5.74) is 11.6. The van der Waals surface area contributed by atoms with Crippen molar-refractivity contribution in [2.75, 3.05) is 0 Å². The van der Waals surface area contributed by atoms with Gasteiger partial charge in [-0.05, 0) is 64.0 Å². The van der Waals surface area contributed by atoms with Gasteiger partial charge in [0.05, 0.1) is 11.2 Å². The zero-order valence-electron chi connectivity index (χ0n) is 15.0. The molecule has 0 atom stereocenters. The number of hydrogen-bond donors (Lipinski definition) is 1. The van der Waals surface area contributed by atoms with E-state index in [0.717, 1.165) is 43.5 Å². The maximum atomic E-state index is 6.35. The van der Waals surface area contributed by atoms with E-state index >= 15 is 0 Å². The largest absolute Gasteiger partial charge is 0.332 e. The maximum absolute atomic E-state index is 6.35. The molecular formula is C20H23N5O. The molecule has 2 N–H and O–H groups in total. The quantitative estimate of drug-likeness (QED) is 0.783. The summed E-state index contributed by atoms with van der Waals surface area (Å²) < 4.78 is 7.64. The molecule has 2 heterocycles. The summed E-state index contributed by atoms with van der Waals surface area (Å²) in [7, 11) is 0. The molecule has 6 heteroatoms. The van der Waals surface area contributed by atoms with E-state index in [4.69, 9.17) is 15.4 Å². The van der Waals surface area contributed by atoms with Crippen molar-refractivity contribution in [3.63, 3.8) is 0 Å². The van der Waals surface area contributed by atoms with Crippen LogP contribution in [0.1, 0.15) is 54.7 Å². The first-order valence-corrected chi connectivity index (χ1v) is 9.45. The molecule has 2 aliphatic carbocycles. The molecule has 0 spiro atoms. The van der Waals surface area contributed by atoms with Crippen LogP contribution < -0.4 is 5.73 Å². The SMILES string of the molecule is Cc1ccc(-n2nc(-c3nc(C4(N)CCC4)no3)c3c2CCCC3)cc1. The Bertz CT molecular complexity index is 949. The maximum Gasteiger partial charge on any atom is 0.278 e. The zero-order valence-corrected chi connectivity index (χ0v) is 15.0. The van der Waals surface area contributed by atoms with Crippen molar-refractivity contribution in [2.24, 2.45) is 5.73 Å². The molecule has 26 heavy (non-hydrogen) atoms. The highest BCUT2D eigenvalue weighted by molar-refractivity contribution is 5.57. The van der Waals surface area contributed by atoms with Crippen molar-refractivity contribution in [1.82, 2.24) is 19.9 Å². The molecule has 1 aromatic carbocycles. The highest BCUT2D eigenvalue weighted by atomic mass is 16.5. The third kappa shape index (κ3) is 2.40. The molecule has 0 amide bonds. The monoisotopic (exact) mass is 349 g/mol. The molecule has 0 unspecified atom stereocenters. The lowest BCUT2D eigenvalue weighted by Crippen LogP contribution is -2.44. The molecule has 5 rings (SSSR count). The Morgan fingerprint density at radius 2 is 1.85 bits per heavy atom. The lowest BCUT2D eigenvalue weighted by atomic mass is 9.77. The molecule has 0 radical (unpaired) electrons. The molecule has 0 bridgehead atoms. The average Bonchev–Trinajstić information content (AvgIpc) is 3.25. The minimum absolute atomic E-state index is 0.415. The van der Waals surface area contributed by atoms with E-state index in [1.807, 2.05) is 0 Å². The van der Waals surface area contributed by atoms with Gasteiger partial charge in [0.1, 0.15) is 0 Å². The lowest BCUT2D eigenvalue weighted by Gasteiger charge is -2.34. The van der Waals surface area contributed by atoms with Gasteiger partial charge in [-0.2, -0.15) is 10.1 Å². The summed E-state index contributed by atoms with van der Waals surface area (Å²) in [6.07, 6.45) is 7.34. The molecular weight excluding hydrogens is 326 g/mol. The molecule has 2 aromatic heterocycles. The van der Waals surface area contributed by atoms with E-state index in [1.165, 1.54) is 29.7 Å². The molecule has 0 saturated heterocycles. The highest BCUT2D eigenvalue weighted by Gasteiger charge is 2.39. The first kappa shape index (κ1) is 15.8. The predicted molar refractivity (Wildman–Crippen MR) is 98.0 cm³/mol. The summed E-state index contributed by atoms with van der Waals surface area (Å²) in [6.45, 7) is 2.09. The Kier molecular flexibility index (Phi) is 3.50. The Labute approximate surface area is 152 Å². The number of aromatic nitrogens is 4. The minimum Gasteiger partial charge on any atom is -0.332 e. The molecule has 134 valence electrons. The van der Waals surface area contributed by atoms with Crippen LogP contribution in [0.25, 0.3) is 17.3 Å². The average molecular weight is 349 g/mol. The summed E-state index contributed by atoms with van der Waals surface area (Å²) in [4.78, 5) is 4.62. The van der Waals surface area contributed by atoms with Gasteiger partial charge in [0.2, 0.25) is 0 Å². The van der Waals surface area contributed by atoms with Gasteiger partial charge in [-0.3, -0.25) is 0 Å². The van der Waals surface area contributed by atoms with Gasteiger partial charge in [0.25, 0.3) is 5.89 Å². The van der Waals surface area contributed by atoms with Gasteiger partial charge in [-0.1, -0.05) is 22.9 Å². The van der Waals surface area contributed by atoms with Gasteiger partial charge in [0, 0.05) is 11.3 Å². The predicted octanol–water partition coefficient (Wildman–Crippen LogP) is 3.45. The van der Waals surface area contributed by atoms with E-state index in [9.17, 15) is 0 Å². The molecule has 6 nitrogen and oxygen atoms in total. The van der Waals surface area contributed by atoms with Gasteiger partial charge in [0.15, 0.2) is 11.5 Å². The number of nitrogens with two attached hydrogens (primary N) is 1. The van der Waals surface area contributed by atoms with Crippen LogP contribution in [0.4, 0.5) is 0 Å². The van der Waals surface area contributed by atoms with Crippen molar-refractivity contribution < 1.29 is 4.52 Å². The Morgan fingerprint density at radius 1 is 1.08 bits per heavy atom. The lowest BCUT2D eigenvalue weighted by molar-refractivity contribution is 0.229. The van der Waals surface area contributed by atoms with Gasteiger partial charge in [-0.15, -0.1) is 0 Å². The first-order chi connectivity index (χ1) is 12.6. The van der Waals surface area contributed by atoms with Crippen LogP contribution in [0.2, 0.25) is 0 Å². The van der Waals surface area contributed by atoms with Crippen LogP contribution in [0.5, 0.6) is 0 Å². The third-order valence-corrected chi connectivity index (χ3v) is 5.78. The Hall–Kier alpha value is -2.47. The second kappa shape index (κ2) is 5.77. The van der Waals surface area contributed by atoms with E-state index in [1.54, 1.807) is 0 Å². The van der Waals surface area contributed by atoms with Crippen molar-refractivity contribution >= 4 is 0 Å². The Balaban J connectivity index is 1.60. The number of rotatable bonds is 3. The molecule has 3 aromatic rings. The highest BCUT2D eigenvalue weighted by Crippen LogP contribution is 2.38. The molecule has 1 fully saturated rings. The van der Waals surface area contributed by atoms with Crippen LogP contribution in [0, 0.1) is 6.92 Å². The molecule has 0 aliphatic heterocycles. The fraction of sp³-hybridized carbons (Fsp3) is 0.450. The van der Waals surface area contributed by atoms with Crippen LogP contribution in [0.3, 0.4) is 0 Å². The fourth-order valence-electron chi connectivity index (χ4n) is 3.97. The van der Waals surface area contributed by atoms with E-state index < -0.39 is 5.54 Å². The smallest absolute Gasteiger partial charge is 0.278 e. The molecule has 2 aliphatic rings. The van der Waals surface area contributed by atoms with Gasteiger partial charge < -0.3 is 10.3 Å². The topological polar surface area (TPSA) is 82.8 Å². The van der Waals surface area contributed by atoms with E-state index in [-0.39, 0.29) is 0 Å². The summed E-state index contributed by atoms with van der Waals surface area (Å²) in [5.74, 6) is 1.12. The second-order valence-corrected chi connectivity index (χ2v) is 7.66. The van der Waals surface area contributed by atoms with Crippen LogP contribution in [-0.4, -0.2) is 19.9 Å². The third-order valence-electron chi connectivity index (χ3n) is 5.78. The van der Waals surface area contributed by atoms with E-state index in [2.05, 4.69) is 46.0 Å².